The summed E-state index contributed by atoms with van der Waals surface area (Å²) in [7, 11) is 1.77. The maximum absolute atomic E-state index is 4.43. The van der Waals surface area contributed by atoms with E-state index < -0.39 is 0 Å². The molecule has 2 aromatic heterocycles. The fourth-order valence-electron chi connectivity index (χ4n) is 2.16. The van der Waals surface area contributed by atoms with Crippen LogP contribution in [0.15, 0.2) is 11.3 Å². The number of nitrogens with one attached hydrogen (secondary N) is 2. The predicted octanol–water partition coefficient (Wildman–Crippen LogP) is 1.28. The van der Waals surface area contributed by atoms with Crippen molar-refractivity contribution in [3.63, 3.8) is 0 Å². The van der Waals surface area contributed by atoms with Crippen LogP contribution in [0.2, 0.25) is 0 Å². The van der Waals surface area contributed by atoms with Gasteiger partial charge in [0.05, 0.1) is 17.2 Å². The van der Waals surface area contributed by atoms with Crippen molar-refractivity contribution in [3.8, 4) is 0 Å². The highest BCUT2D eigenvalue weighted by atomic mass is 32.1. The first-order valence-electron chi connectivity index (χ1n) is 7.38. The molecule has 0 unspecified atom stereocenters. The number of aromatic nitrogens is 4. The molecule has 0 saturated heterocycles. The van der Waals surface area contributed by atoms with Gasteiger partial charge in [0, 0.05) is 31.4 Å². The van der Waals surface area contributed by atoms with Crippen LogP contribution in [0.5, 0.6) is 0 Å². The van der Waals surface area contributed by atoms with Gasteiger partial charge in [0.2, 0.25) is 0 Å². The lowest BCUT2D eigenvalue weighted by Crippen LogP contribution is -2.38. The molecular formula is C14H23N7S. The van der Waals surface area contributed by atoms with Gasteiger partial charge >= 0.3 is 0 Å². The van der Waals surface area contributed by atoms with E-state index in [0.717, 1.165) is 48.5 Å². The van der Waals surface area contributed by atoms with Crippen LogP contribution in [0.25, 0.3) is 0 Å². The summed E-state index contributed by atoms with van der Waals surface area (Å²) in [6.07, 6.45) is 2.65. The van der Waals surface area contributed by atoms with Gasteiger partial charge in [0.25, 0.3) is 0 Å². The second kappa shape index (κ2) is 7.88. The third-order valence-electron chi connectivity index (χ3n) is 3.30. The van der Waals surface area contributed by atoms with Crippen LogP contribution in [-0.4, -0.2) is 39.3 Å². The lowest BCUT2D eigenvalue weighted by molar-refractivity contribution is 0.632. The quantitative estimate of drug-likeness (QED) is 0.619. The van der Waals surface area contributed by atoms with Crippen molar-refractivity contribution in [1.82, 2.24) is 30.4 Å². The molecule has 8 heteroatoms. The molecule has 7 nitrogen and oxygen atoms in total. The number of hydrogen-bond donors (Lipinski definition) is 2. The fourth-order valence-corrected chi connectivity index (χ4v) is 3.03. The summed E-state index contributed by atoms with van der Waals surface area (Å²) in [6.45, 7) is 8.46. The number of aryl methyl sites for hydroxylation is 3. The molecule has 0 saturated carbocycles. The summed E-state index contributed by atoms with van der Waals surface area (Å²) in [5, 5.41) is 15.7. The Morgan fingerprint density at radius 3 is 2.82 bits per heavy atom. The minimum absolute atomic E-state index is 0.740. The molecule has 0 atom stereocenters. The highest BCUT2D eigenvalue weighted by molar-refractivity contribution is 7.11. The summed E-state index contributed by atoms with van der Waals surface area (Å²) in [5.41, 5.74) is 1.09. The van der Waals surface area contributed by atoms with Crippen molar-refractivity contribution in [2.75, 3.05) is 13.6 Å². The lowest BCUT2D eigenvalue weighted by atomic mass is 10.4. The largest absolute Gasteiger partial charge is 0.355 e. The molecule has 0 aliphatic heterocycles. The van der Waals surface area contributed by atoms with E-state index in [4.69, 9.17) is 0 Å². The Bertz CT molecular complexity index is 629. The summed E-state index contributed by atoms with van der Waals surface area (Å²) in [6, 6.07) is 0. The van der Waals surface area contributed by atoms with E-state index in [-0.39, 0.29) is 0 Å². The van der Waals surface area contributed by atoms with E-state index in [2.05, 4.69) is 42.3 Å². The average molecular weight is 321 g/mol. The monoisotopic (exact) mass is 321 g/mol. The van der Waals surface area contributed by atoms with Crippen molar-refractivity contribution in [1.29, 1.82) is 0 Å². The SMILES string of the molecule is CCc1nncn1CCNC(=NC)NCc1sc(C)nc1C. The van der Waals surface area contributed by atoms with Crippen molar-refractivity contribution in [2.24, 2.45) is 4.99 Å². The molecule has 0 amide bonds. The maximum Gasteiger partial charge on any atom is 0.191 e. The fraction of sp³-hybridized carbons (Fsp3) is 0.571. The normalized spacial score (nSPS) is 11.7. The summed E-state index contributed by atoms with van der Waals surface area (Å²) < 4.78 is 2.05. The third kappa shape index (κ3) is 4.27. The molecule has 2 heterocycles. The molecule has 2 N–H and O–H groups in total. The van der Waals surface area contributed by atoms with Gasteiger partial charge in [-0.3, -0.25) is 4.99 Å². The van der Waals surface area contributed by atoms with E-state index in [0.29, 0.717) is 0 Å². The van der Waals surface area contributed by atoms with Crippen LogP contribution >= 0.6 is 11.3 Å². The maximum atomic E-state index is 4.43. The van der Waals surface area contributed by atoms with Gasteiger partial charge in [-0.05, 0) is 13.8 Å². The highest BCUT2D eigenvalue weighted by Gasteiger charge is 2.06. The summed E-state index contributed by atoms with van der Waals surface area (Å²) in [4.78, 5) is 9.91. The molecule has 0 aliphatic carbocycles. The second-order valence-corrected chi connectivity index (χ2v) is 6.18. The van der Waals surface area contributed by atoms with Gasteiger partial charge in [0.1, 0.15) is 12.2 Å². The third-order valence-corrected chi connectivity index (χ3v) is 4.37. The Labute approximate surface area is 134 Å². The molecule has 0 bridgehead atoms. The van der Waals surface area contributed by atoms with Crippen molar-refractivity contribution < 1.29 is 0 Å². The van der Waals surface area contributed by atoms with Gasteiger partial charge in [-0.1, -0.05) is 6.92 Å². The molecule has 0 spiro atoms. The van der Waals surface area contributed by atoms with Crippen LogP contribution < -0.4 is 10.6 Å². The number of thiazole rings is 1. The van der Waals surface area contributed by atoms with E-state index in [1.54, 1.807) is 24.7 Å². The zero-order valence-corrected chi connectivity index (χ0v) is 14.4. The van der Waals surface area contributed by atoms with Crippen LogP contribution in [0.3, 0.4) is 0 Å². The Balaban J connectivity index is 1.79. The van der Waals surface area contributed by atoms with Crippen LogP contribution in [-0.2, 0) is 19.5 Å². The Morgan fingerprint density at radius 1 is 1.36 bits per heavy atom. The molecule has 120 valence electrons. The van der Waals surface area contributed by atoms with E-state index >= 15 is 0 Å². The van der Waals surface area contributed by atoms with Gasteiger partial charge in [-0.25, -0.2) is 4.98 Å². The molecule has 0 radical (unpaired) electrons. The van der Waals surface area contributed by atoms with Crippen molar-refractivity contribution >= 4 is 17.3 Å². The smallest absolute Gasteiger partial charge is 0.191 e. The number of aliphatic imine (C=N–C) groups is 1. The number of guanidine groups is 1. The molecule has 2 rings (SSSR count). The lowest BCUT2D eigenvalue weighted by Gasteiger charge is -2.12. The Kier molecular flexibility index (Phi) is 5.88. The number of nitrogens with zero attached hydrogens (tertiary/aromatic N) is 5. The molecule has 0 fully saturated rings. The zero-order chi connectivity index (χ0) is 15.9. The summed E-state index contributed by atoms with van der Waals surface area (Å²) >= 11 is 1.72. The van der Waals surface area contributed by atoms with Gasteiger partial charge in [0.15, 0.2) is 5.96 Å². The molecular weight excluding hydrogens is 298 g/mol. The average Bonchev–Trinajstić information content (AvgIpc) is 3.08. The van der Waals surface area contributed by atoms with Crippen LogP contribution in [0, 0.1) is 13.8 Å². The first-order chi connectivity index (χ1) is 10.6. The van der Waals surface area contributed by atoms with Crippen molar-refractivity contribution in [2.45, 2.75) is 40.3 Å². The van der Waals surface area contributed by atoms with Gasteiger partial charge < -0.3 is 15.2 Å². The minimum Gasteiger partial charge on any atom is -0.355 e. The number of rotatable bonds is 6. The first kappa shape index (κ1) is 16.4. The standard InChI is InChI=1S/C14H23N7S/c1-5-13-20-18-9-21(13)7-6-16-14(15-4)17-8-12-10(2)19-11(3)22-12/h9H,5-8H2,1-4H3,(H2,15,16,17). The predicted molar refractivity (Wildman–Crippen MR) is 89.2 cm³/mol. The molecule has 0 aromatic carbocycles. The highest BCUT2D eigenvalue weighted by Crippen LogP contribution is 2.16. The van der Waals surface area contributed by atoms with Crippen LogP contribution in [0.1, 0.15) is 28.3 Å². The first-order valence-corrected chi connectivity index (χ1v) is 8.19. The summed E-state index contributed by atoms with van der Waals surface area (Å²) in [5.74, 6) is 1.79. The second-order valence-electron chi connectivity index (χ2n) is 4.89. The Morgan fingerprint density at radius 2 is 2.18 bits per heavy atom. The van der Waals surface area contributed by atoms with E-state index in [1.807, 2.05) is 13.8 Å². The minimum atomic E-state index is 0.740. The molecule has 0 aliphatic rings. The van der Waals surface area contributed by atoms with Crippen LogP contribution in [0.4, 0.5) is 0 Å². The van der Waals surface area contributed by atoms with Crippen molar-refractivity contribution in [3.05, 3.63) is 27.7 Å². The topological polar surface area (TPSA) is 80.0 Å². The van der Waals surface area contributed by atoms with E-state index in [9.17, 15) is 0 Å². The van der Waals surface area contributed by atoms with E-state index in [1.165, 1.54) is 4.88 Å². The Hall–Kier alpha value is -1.96. The molecule has 22 heavy (non-hydrogen) atoms. The molecule has 2 aromatic rings. The zero-order valence-electron chi connectivity index (χ0n) is 13.6. The number of hydrogen-bond acceptors (Lipinski definition) is 5. The van der Waals surface area contributed by atoms with Gasteiger partial charge in [-0.15, -0.1) is 21.5 Å². The van der Waals surface area contributed by atoms with Gasteiger partial charge in [-0.2, -0.15) is 0 Å².